The van der Waals surface area contributed by atoms with Gasteiger partial charge in [-0.3, -0.25) is 4.79 Å². The number of methoxy groups -OCH3 is 1. The van der Waals surface area contributed by atoms with Gasteiger partial charge in [-0.05, 0) is 66.3 Å². The van der Waals surface area contributed by atoms with E-state index in [4.69, 9.17) is 4.74 Å². The molecule has 4 heteroatoms. The van der Waals surface area contributed by atoms with Crippen LogP contribution in [0.4, 0.5) is 0 Å². The molecule has 2 aliphatic carbocycles. The Labute approximate surface area is 152 Å². The highest BCUT2D eigenvalue weighted by atomic mass is 16.5. The van der Waals surface area contributed by atoms with Gasteiger partial charge < -0.3 is 14.9 Å². The summed E-state index contributed by atoms with van der Waals surface area (Å²) in [5.74, 6) is 0.988. The molecule has 0 bridgehead atoms. The fourth-order valence-corrected chi connectivity index (χ4v) is 5.39. The lowest BCUT2D eigenvalue weighted by Gasteiger charge is -2.60. The quantitative estimate of drug-likeness (QED) is 0.585. The van der Waals surface area contributed by atoms with Crippen molar-refractivity contribution in [1.29, 1.82) is 0 Å². The summed E-state index contributed by atoms with van der Waals surface area (Å²) < 4.78 is 4.79. The Balaban J connectivity index is 2.18. The molecular formula is C21H36O4. The number of esters is 1. The predicted octanol–water partition coefficient (Wildman–Crippen LogP) is 3.71. The van der Waals surface area contributed by atoms with Crippen molar-refractivity contribution in [2.45, 2.75) is 78.4 Å². The molecule has 0 spiro atoms. The Hall–Kier alpha value is -0.870. The minimum Gasteiger partial charge on any atom is -0.469 e. The van der Waals surface area contributed by atoms with Gasteiger partial charge >= 0.3 is 5.97 Å². The molecule has 7 atom stereocenters. The van der Waals surface area contributed by atoms with Crippen molar-refractivity contribution in [2.75, 3.05) is 7.11 Å². The van der Waals surface area contributed by atoms with Crippen LogP contribution >= 0.6 is 0 Å². The van der Waals surface area contributed by atoms with E-state index < -0.39 is 12.2 Å². The highest BCUT2D eigenvalue weighted by Gasteiger charge is 2.57. The number of carbonyl (C=O) groups excluding carboxylic acids is 1. The van der Waals surface area contributed by atoms with Crippen molar-refractivity contribution in [3.05, 3.63) is 12.2 Å². The van der Waals surface area contributed by atoms with E-state index in [9.17, 15) is 15.0 Å². The molecule has 0 aromatic carbocycles. The lowest BCUT2D eigenvalue weighted by molar-refractivity contribution is -0.142. The number of ether oxygens (including phenoxy) is 1. The summed E-state index contributed by atoms with van der Waals surface area (Å²) in [7, 11) is 1.44. The van der Waals surface area contributed by atoms with E-state index in [2.05, 4.69) is 34.3 Å². The molecule has 0 aromatic rings. The zero-order chi connectivity index (χ0) is 19.0. The largest absolute Gasteiger partial charge is 0.469 e. The third-order valence-electron chi connectivity index (χ3n) is 7.64. The third kappa shape index (κ3) is 3.66. The molecule has 0 saturated heterocycles. The van der Waals surface area contributed by atoms with Crippen LogP contribution in [-0.4, -0.2) is 35.5 Å². The first-order valence-electron chi connectivity index (χ1n) is 9.68. The lowest BCUT2D eigenvalue weighted by atomic mass is 9.45. The molecule has 0 aliphatic heterocycles. The molecular weight excluding hydrogens is 316 g/mol. The Bertz CT molecular complexity index is 516. The maximum Gasteiger partial charge on any atom is 0.305 e. The number of aliphatic hydroxyl groups is 2. The van der Waals surface area contributed by atoms with E-state index >= 15 is 0 Å². The van der Waals surface area contributed by atoms with Gasteiger partial charge in [-0.2, -0.15) is 0 Å². The second-order valence-corrected chi connectivity index (χ2v) is 9.11. The van der Waals surface area contributed by atoms with Crippen molar-refractivity contribution in [2.24, 2.45) is 28.6 Å². The van der Waals surface area contributed by atoms with Crippen molar-refractivity contribution in [3.63, 3.8) is 0 Å². The van der Waals surface area contributed by atoms with Crippen LogP contribution in [0.3, 0.4) is 0 Å². The van der Waals surface area contributed by atoms with E-state index in [0.717, 1.165) is 31.3 Å². The summed E-state index contributed by atoms with van der Waals surface area (Å²) in [5, 5.41) is 20.7. The molecule has 25 heavy (non-hydrogen) atoms. The molecule has 2 rings (SSSR count). The van der Waals surface area contributed by atoms with E-state index in [1.165, 1.54) is 7.11 Å². The van der Waals surface area contributed by atoms with E-state index in [1.807, 2.05) is 0 Å². The molecule has 0 unspecified atom stereocenters. The van der Waals surface area contributed by atoms with E-state index in [1.54, 1.807) is 0 Å². The Morgan fingerprint density at radius 2 is 2.04 bits per heavy atom. The number of rotatable bonds is 5. The molecule has 0 aromatic heterocycles. The average Bonchev–Trinajstić information content (AvgIpc) is 2.57. The molecule has 0 heterocycles. The van der Waals surface area contributed by atoms with Gasteiger partial charge in [0, 0.05) is 6.42 Å². The molecule has 2 N–H and O–H groups in total. The number of hydrogen-bond acceptors (Lipinski definition) is 4. The Kier molecular flexibility index (Phi) is 6.05. The fourth-order valence-electron chi connectivity index (χ4n) is 5.39. The molecule has 2 aliphatic rings. The third-order valence-corrected chi connectivity index (χ3v) is 7.64. The van der Waals surface area contributed by atoms with Crippen LogP contribution in [0, 0.1) is 28.6 Å². The molecule has 144 valence electrons. The standard InChI is InChI=1S/C21H36O4/c1-13(11-18(23)25-6)7-9-20(4)14(2)8-10-21(5)15(3)19(24)16(22)12-17(20)21/h13-14,16-17,19,22,24H,3,7-12H2,1-2,4-6H3/t13-,14-,16-,17-,19-,20+,21+/m1/s1. The normalized spacial score (nSPS) is 42.6. The second kappa shape index (κ2) is 7.40. The van der Waals surface area contributed by atoms with Gasteiger partial charge in [0.2, 0.25) is 0 Å². The first-order valence-corrected chi connectivity index (χ1v) is 9.68. The van der Waals surface area contributed by atoms with Gasteiger partial charge in [-0.1, -0.05) is 34.3 Å². The van der Waals surface area contributed by atoms with Crippen molar-refractivity contribution < 1.29 is 19.7 Å². The van der Waals surface area contributed by atoms with Gasteiger partial charge in [-0.25, -0.2) is 0 Å². The summed E-state index contributed by atoms with van der Waals surface area (Å²) in [5.41, 5.74) is 0.754. The van der Waals surface area contributed by atoms with Gasteiger partial charge in [0.15, 0.2) is 0 Å². The summed E-state index contributed by atoms with van der Waals surface area (Å²) >= 11 is 0. The summed E-state index contributed by atoms with van der Waals surface area (Å²) in [6, 6.07) is 0. The van der Waals surface area contributed by atoms with E-state index in [0.29, 0.717) is 24.7 Å². The molecule has 2 saturated carbocycles. The fraction of sp³-hybridized carbons (Fsp3) is 0.857. The van der Waals surface area contributed by atoms with Crippen molar-refractivity contribution in [3.8, 4) is 0 Å². The van der Waals surface area contributed by atoms with Crippen LogP contribution in [-0.2, 0) is 9.53 Å². The maximum absolute atomic E-state index is 11.5. The predicted molar refractivity (Wildman–Crippen MR) is 98.9 cm³/mol. The minimum absolute atomic E-state index is 0.0709. The monoisotopic (exact) mass is 352 g/mol. The number of fused-ring (bicyclic) bond motifs is 1. The zero-order valence-electron chi connectivity index (χ0n) is 16.5. The number of hydrogen-bond donors (Lipinski definition) is 2. The zero-order valence-corrected chi connectivity index (χ0v) is 16.5. The van der Waals surface area contributed by atoms with Crippen molar-refractivity contribution in [1.82, 2.24) is 0 Å². The first-order chi connectivity index (χ1) is 11.6. The van der Waals surface area contributed by atoms with Crippen LogP contribution in [0.5, 0.6) is 0 Å². The van der Waals surface area contributed by atoms with Crippen LogP contribution in [0.15, 0.2) is 12.2 Å². The number of aliphatic hydroxyl groups excluding tert-OH is 2. The first kappa shape index (κ1) is 20.4. The van der Waals surface area contributed by atoms with Gasteiger partial charge in [-0.15, -0.1) is 0 Å². The van der Waals surface area contributed by atoms with Gasteiger partial charge in [0.1, 0.15) is 6.10 Å². The smallest absolute Gasteiger partial charge is 0.305 e. The topological polar surface area (TPSA) is 66.8 Å². The van der Waals surface area contributed by atoms with Crippen molar-refractivity contribution >= 4 is 5.97 Å². The molecule has 2 fully saturated rings. The maximum atomic E-state index is 11.5. The Morgan fingerprint density at radius 3 is 2.64 bits per heavy atom. The summed E-state index contributed by atoms with van der Waals surface area (Å²) in [6.45, 7) is 13.1. The van der Waals surface area contributed by atoms with Crippen LogP contribution in [0.25, 0.3) is 0 Å². The van der Waals surface area contributed by atoms with E-state index in [-0.39, 0.29) is 22.7 Å². The minimum atomic E-state index is -0.808. The van der Waals surface area contributed by atoms with Crippen LogP contribution in [0.2, 0.25) is 0 Å². The summed E-state index contributed by atoms with van der Waals surface area (Å²) in [6.07, 6.45) is 3.67. The van der Waals surface area contributed by atoms with Gasteiger partial charge in [0.05, 0.1) is 13.2 Å². The highest BCUT2D eigenvalue weighted by molar-refractivity contribution is 5.69. The van der Waals surface area contributed by atoms with Gasteiger partial charge in [0.25, 0.3) is 0 Å². The second-order valence-electron chi connectivity index (χ2n) is 9.11. The Morgan fingerprint density at radius 1 is 1.40 bits per heavy atom. The lowest BCUT2D eigenvalue weighted by Crippen LogP contribution is -2.56. The van der Waals surface area contributed by atoms with Crippen LogP contribution < -0.4 is 0 Å². The SMILES string of the molecule is C=C1[C@@H](O)[C@H](O)C[C@@H]2[C@@](C)(CC[C@@H](C)CC(=O)OC)[C@H](C)CC[C@@]12C. The average molecular weight is 353 g/mol. The number of carbonyl (C=O) groups is 1. The highest BCUT2D eigenvalue weighted by Crippen LogP contribution is 2.62. The summed E-state index contributed by atoms with van der Waals surface area (Å²) in [4.78, 5) is 11.5. The molecule has 4 nitrogen and oxygen atoms in total. The molecule has 0 radical (unpaired) electrons. The van der Waals surface area contributed by atoms with Crippen LogP contribution in [0.1, 0.15) is 66.2 Å². The molecule has 0 amide bonds.